The van der Waals surface area contributed by atoms with Crippen LogP contribution in [0.3, 0.4) is 0 Å². The third-order valence-electron chi connectivity index (χ3n) is 2.94. The Hall–Kier alpha value is -2.03. The van der Waals surface area contributed by atoms with Gasteiger partial charge in [-0.2, -0.15) is 5.26 Å². The van der Waals surface area contributed by atoms with E-state index in [2.05, 4.69) is 11.4 Å². The Labute approximate surface area is 122 Å². The maximum absolute atomic E-state index is 9.39. The van der Waals surface area contributed by atoms with Crippen LogP contribution < -0.4 is 14.8 Å². The third-order valence-corrected chi connectivity index (χ3v) is 3.81. The molecule has 104 valence electrons. The minimum absolute atomic E-state index is 0.442. The highest BCUT2D eigenvalue weighted by molar-refractivity contribution is 7.09. The minimum atomic E-state index is -0.442. The van der Waals surface area contributed by atoms with E-state index in [0.29, 0.717) is 18.0 Å². The van der Waals surface area contributed by atoms with Crippen molar-refractivity contribution in [2.45, 2.75) is 12.6 Å². The van der Waals surface area contributed by atoms with E-state index in [1.54, 1.807) is 25.6 Å². The van der Waals surface area contributed by atoms with Crippen molar-refractivity contribution in [2.75, 3.05) is 14.2 Å². The molecule has 0 aliphatic carbocycles. The molecule has 1 aromatic heterocycles. The van der Waals surface area contributed by atoms with Gasteiger partial charge in [0.15, 0.2) is 0 Å². The van der Waals surface area contributed by atoms with E-state index < -0.39 is 6.04 Å². The Balaban J connectivity index is 2.19. The second-order valence-electron chi connectivity index (χ2n) is 4.13. The monoisotopic (exact) mass is 288 g/mol. The number of benzene rings is 1. The fraction of sp³-hybridized carbons (Fsp3) is 0.267. The second-order valence-corrected chi connectivity index (χ2v) is 5.16. The van der Waals surface area contributed by atoms with Crippen molar-refractivity contribution in [1.82, 2.24) is 5.32 Å². The summed E-state index contributed by atoms with van der Waals surface area (Å²) >= 11 is 1.66. The standard InChI is InChI=1S/C15H16N2O2S/c1-18-11-5-6-15(19-2)13(8-11)14(9-16)17-10-12-4-3-7-20-12/h3-8,14,17H,10H2,1-2H3. The minimum Gasteiger partial charge on any atom is -0.497 e. The smallest absolute Gasteiger partial charge is 0.125 e. The summed E-state index contributed by atoms with van der Waals surface area (Å²) in [5.74, 6) is 1.38. The molecule has 1 atom stereocenters. The lowest BCUT2D eigenvalue weighted by atomic mass is 10.1. The van der Waals surface area contributed by atoms with E-state index in [0.717, 1.165) is 5.56 Å². The van der Waals surface area contributed by atoms with Gasteiger partial charge < -0.3 is 9.47 Å². The van der Waals surface area contributed by atoms with Crippen LogP contribution in [0.1, 0.15) is 16.5 Å². The molecule has 0 saturated heterocycles. The first kappa shape index (κ1) is 14.4. The van der Waals surface area contributed by atoms with Gasteiger partial charge in [-0.25, -0.2) is 0 Å². The highest BCUT2D eigenvalue weighted by Crippen LogP contribution is 2.29. The first-order valence-electron chi connectivity index (χ1n) is 6.15. The Morgan fingerprint density at radius 2 is 2.15 bits per heavy atom. The number of hydrogen-bond donors (Lipinski definition) is 1. The van der Waals surface area contributed by atoms with E-state index in [4.69, 9.17) is 9.47 Å². The maximum atomic E-state index is 9.39. The summed E-state index contributed by atoms with van der Waals surface area (Å²) in [5.41, 5.74) is 0.783. The Morgan fingerprint density at radius 1 is 1.30 bits per heavy atom. The predicted octanol–water partition coefficient (Wildman–Crippen LogP) is 3.12. The topological polar surface area (TPSA) is 54.3 Å². The summed E-state index contributed by atoms with van der Waals surface area (Å²) in [6.07, 6.45) is 0. The zero-order chi connectivity index (χ0) is 14.4. The molecule has 1 unspecified atom stereocenters. The van der Waals surface area contributed by atoms with Gasteiger partial charge in [0.1, 0.15) is 17.5 Å². The number of rotatable bonds is 6. The van der Waals surface area contributed by atoms with Crippen LogP contribution in [0, 0.1) is 11.3 Å². The fourth-order valence-electron chi connectivity index (χ4n) is 1.91. The Bertz CT molecular complexity index is 590. The largest absolute Gasteiger partial charge is 0.497 e. The van der Waals surface area contributed by atoms with Gasteiger partial charge in [-0.3, -0.25) is 5.32 Å². The van der Waals surface area contributed by atoms with Crippen LogP contribution in [0.4, 0.5) is 0 Å². The van der Waals surface area contributed by atoms with Gasteiger partial charge in [0.05, 0.1) is 20.3 Å². The molecule has 5 heteroatoms. The van der Waals surface area contributed by atoms with Crippen LogP contribution in [0.2, 0.25) is 0 Å². The van der Waals surface area contributed by atoms with Gasteiger partial charge in [0.25, 0.3) is 0 Å². The van der Waals surface area contributed by atoms with Crippen molar-refractivity contribution in [3.63, 3.8) is 0 Å². The average Bonchev–Trinajstić information content (AvgIpc) is 3.01. The molecular weight excluding hydrogens is 272 g/mol. The molecule has 0 amide bonds. The molecule has 1 N–H and O–H groups in total. The van der Waals surface area contributed by atoms with Crippen LogP contribution in [0.5, 0.6) is 11.5 Å². The molecule has 0 aliphatic heterocycles. The number of methoxy groups -OCH3 is 2. The van der Waals surface area contributed by atoms with Gasteiger partial charge in [-0.05, 0) is 29.6 Å². The average molecular weight is 288 g/mol. The molecular formula is C15H16N2O2S. The lowest BCUT2D eigenvalue weighted by Crippen LogP contribution is -2.19. The SMILES string of the molecule is COc1ccc(OC)c(C(C#N)NCc2cccs2)c1. The summed E-state index contributed by atoms with van der Waals surface area (Å²) in [7, 11) is 3.20. The molecule has 1 heterocycles. The fourth-order valence-corrected chi connectivity index (χ4v) is 2.56. The van der Waals surface area contributed by atoms with Crippen molar-refractivity contribution in [1.29, 1.82) is 5.26 Å². The van der Waals surface area contributed by atoms with E-state index in [9.17, 15) is 5.26 Å². The van der Waals surface area contributed by atoms with Crippen molar-refractivity contribution in [3.8, 4) is 17.6 Å². The predicted molar refractivity (Wildman–Crippen MR) is 79.1 cm³/mol. The quantitative estimate of drug-likeness (QED) is 0.887. The zero-order valence-electron chi connectivity index (χ0n) is 11.4. The molecule has 2 rings (SSSR count). The number of ether oxygens (including phenoxy) is 2. The summed E-state index contributed by atoms with van der Waals surface area (Å²) in [4.78, 5) is 1.19. The van der Waals surface area contributed by atoms with E-state index in [1.165, 1.54) is 4.88 Å². The van der Waals surface area contributed by atoms with Gasteiger partial charge in [0.2, 0.25) is 0 Å². The number of nitriles is 1. The second kappa shape index (κ2) is 6.94. The van der Waals surface area contributed by atoms with Gasteiger partial charge in [-0.15, -0.1) is 11.3 Å². The first-order valence-corrected chi connectivity index (χ1v) is 7.03. The Morgan fingerprint density at radius 3 is 2.75 bits per heavy atom. The summed E-state index contributed by atoms with van der Waals surface area (Å²) < 4.78 is 10.5. The van der Waals surface area contributed by atoms with Crippen molar-refractivity contribution < 1.29 is 9.47 Å². The van der Waals surface area contributed by atoms with Crippen LogP contribution in [0.25, 0.3) is 0 Å². The van der Waals surface area contributed by atoms with Crippen molar-refractivity contribution >= 4 is 11.3 Å². The molecule has 0 fully saturated rings. The molecule has 0 aliphatic rings. The molecule has 2 aromatic rings. The summed E-state index contributed by atoms with van der Waals surface area (Å²) in [5, 5.41) is 14.6. The van der Waals surface area contributed by atoms with E-state index >= 15 is 0 Å². The third kappa shape index (κ3) is 3.29. The van der Waals surface area contributed by atoms with Gasteiger partial charge in [0, 0.05) is 17.0 Å². The molecule has 20 heavy (non-hydrogen) atoms. The van der Waals surface area contributed by atoms with E-state index in [-0.39, 0.29) is 0 Å². The molecule has 0 saturated carbocycles. The van der Waals surface area contributed by atoms with E-state index in [1.807, 2.05) is 35.7 Å². The number of thiophene rings is 1. The summed E-state index contributed by atoms with van der Waals surface area (Å²) in [6, 6.07) is 11.3. The highest BCUT2D eigenvalue weighted by Gasteiger charge is 2.16. The van der Waals surface area contributed by atoms with Crippen LogP contribution >= 0.6 is 11.3 Å². The summed E-state index contributed by atoms with van der Waals surface area (Å²) in [6.45, 7) is 0.649. The molecule has 1 aromatic carbocycles. The van der Waals surface area contributed by atoms with Crippen LogP contribution in [-0.2, 0) is 6.54 Å². The molecule has 0 bridgehead atoms. The number of nitrogens with zero attached hydrogens (tertiary/aromatic N) is 1. The van der Waals surface area contributed by atoms with Gasteiger partial charge in [-0.1, -0.05) is 6.07 Å². The van der Waals surface area contributed by atoms with Crippen LogP contribution in [-0.4, -0.2) is 14.2 Å². The molecule has 4 nitrogen and oxygen atoms in total. The normalized spacial score (nSPS) is 11.7. The molecule has 0 spiro atoms. The first-order chi connectivity index (χ1) is 9.78. The lowest BCUT2D eigenvalue weighted by molar-refractivity contribution is 0.394. The van der Waals surface area contributed by atoms with Crippen LogP contribution in [0.15, 0.2) is 35.7 Å². The molecule has 0 radical (unpaired) electrons. The highest BCUT2D eigenvalue weighted by atomic mass is 32.1. The maximum Gasteiger partial charge on any atom is 0.125 e. The zero-order valence-corrected chi connectivity index (χ0v) is 12.2. The lowest BCUT2D eigenvalue weighted by Gasteiger charge is -2.16. The Kier molecular flexibility index (Phi) is 4.99. The number of nitrogens with one attached hydrogen (secondary N) is 1. The number of hydrogen-bond acceptors (Lipinski definition) is 5. The van der Waals surface area contributed by atoms with Crippen molar-refractivity contribution in [3.05, 3.63) is 46.2 Å². The van der Waals surface area contributed by atoms with Crippen molar-refractivity contribution in [2.24, 2.45) is 0 Å². The van der Waals surface area contributed by atoms with Gasteiger partial charge >= 0.3 is 0 Å².